The van der Waals surface area contributed by atoms with Crippen molar-refractivity contribution in [3.63, 3.8) is 0 Å². The lowest BCUT2D eigenvalue weighted by Crippen LogP contribution is -2.13. The molecular formula is C14H16Cl2N2O2. The zero-order chi connectivity index (χ0) is 14.9. The van der Waals surface area contributed by atoms with Gasteiger partial charge in [0.15, 0.2) is 5.75 Å². The van der Waals surface area contributed by atoms with E-state index in [-0.39, 0.29) is 6.04 Å². The molecule has 108 valence electrons. The summed E-state index contributed by atoms with van der Waals surface area (Å²) in [6.07, 6.45) is 0.569. The fraction of sp³-hybridized carbons (Fsp3) is 0.357. The van der Waals surface area contributed by atoms with Gasteiger partial charge in [-0.1, -0.05) is 29.3 Å². The molecule has 0 saturated carbocycles. The summed E-state index contributed by atoms with van der Waals surface area (Å²) in [5.41, 5.74) is 0.994. The molecule has 1 aromatic heterocycles. The van der Waals surface area contributed by atoms with E-state index in [4.69, 9.17) is 27.9 Å². The molecule has 0 fully saturated rings. The minimum atomic E-state index is -1.00. The van der Waals surface area contributed by atoms with E-state index in [1.54, 1.807) is 29.1 Å². The quantitative estimate of drug-likeness (QED) is 0.932. The molecule has 0 saturated heterocycles. The topological polar surface area (TPSA) is 47.3 Å². The first kappa shape index (κ1) is 15.2. The van der Waals surface area contributed by atoms with Crippen LogP contribution in [0.4, 0.5) is 0 Å². The minimum Gasteiger partial charge on any atom is -0.493 e. The molecule has 20 heavy (non-hydrogen) atoms. The number of ether oxygens (including phenoxy) is 1. The molecule has 1 N–H and O–H groups in total. The summed E-state index contributed by atoms with van der Waals surface area (Å²) in [5, 5.41) is 15.7. The summed E-state index contributed by atoms with van der Waals surface area (Å²) in [7, 11) is 1.53. The van der Waals surface area contributed by atoms with Crippen molar-refractivity contribution in [1.82, 2.24) is 9.78 Å². The number of nitrogens with zero attached hydrogens (tertiary/aromatic N) is 2. The summed E-state index contributed by atoms with van der Waals surface area (Å²) in [4.78, 5) is 0. The number of methoxy groups -OCH3 is 1. The lowest BCUT2D eigenvalue weighted by molar-refractivity contribution is 0.200. The zero-order valence-corrected chi connectivity index (χ0v) is 13.0. The van der Waals surface area contributed by atoms with Crippen molar-refractivity contribution in [3.8, 4) is 5.75 Å². The van der Waals surface area contributed by atoms with Gasteiger partial charge in [-0.05, 0) is 26.0 Å². The highest BCUT2D eigenvalue weighted by molar-refractivity contribution is 6.36. The van der Waals surface area contributed by atoms with Crippen molar-refractivity contribution in [2.75, 3.05) is 7.11 Å². The lowest BCUT2D eigenvalue weighted by Gasteiger charge is -2.19. The van der Waals surface area contributed by atoms with Crippen LogP contribution in [0.1, 0.15) is 37.3 Å². The van der Waals surface area contributed by atoms with Gasteiger partial charge >= 0.3 is 0 Å². The van der Waals surface area contributed by atoms with Gasteiger partial charge in [-0.15, -0.1) is 0 Å². The maximum Gasteiger partial charge on any atom is 0.163 e. The van der Waals surface area contributed by atoms with Gasteiger partial charge in [0, 0.05) is 21.7 Å². The van der Waals surface area contributed by atoms with Gasteiger partial charge < -0.3 is 9.84 Å². The Morgan fingerprint density at radius 3 is 2.35 bits per heavy atom. The molecule has 0 aliphatic rings. The molecule has 2 aromatic rings. The zero-order valence-electron chi connectivity index (χ0n) is 11.5. The van der Waals surface area contributed by atoms with Gasteiger partial charge in [-0.3, -0.25) is 4.68 Å². The number of aliphatic hydroxyl groups excluding tert-OH is 1. The Morgan fingerprint density at radius 1 is 1.25 bits per heavy atom. The number of benzene rings is 1. The highest BCUT2D eigenvalue weighted by atomic mass is 35.5. The fourth-order valence-electron chi connectivity index (χ4n) is 2.09. The third kappa shape index (κ3) is 2.64. The van der Waals surface area contributed by atoms with Crippen LogP contribution in [0.5, 0.6) is 5.75 Å². The van der Waals surface area contributed by atoms with Crippen LogP contribution in [-0.4, -0.2) is 22.0 Å². The Morgan fingerprint density at radius 2 is 1.85 bits per heavy atom. The SMILES string of the molecule is COc1cnn(C(C)C)c1C(O)c1c(Cl)cccc1Cl. The highest BCUT2D eigenvalue weighted by Crippen LogP contribution is 2.38. The normalized spacial score (nSPS) is 12.8. The second-order valence-corrected chi connectivity index (χ2v) is 5.49. The maximum atomic E-state index is 10.7. The molecule has 0 aliphatic carbocycles. The third-order valence-electron chi connectivity index (χ3n) is 3.04. The first-order chi connectivity index (χ1) is 9.47. The van der Waals surface area contributed by atoms with Crippen molar-refractivity contribution in [3.05, 3.63) is 45.7 Å². The Kier molecular flexibility index (Phi) is 4.58. The predicted octanol–water partition coefficient (Wildman–Crippen LogP) is 3.86. The lowest BCUT2D eigenvalue weighted by atomic mass is 10.1. The van der Waals surface area contributed by atoms with Gasteiger partial charge in [-0.25, -0.2) is 0 Å². The van der Waals surface area contributed by atoms with Crippen LogP contribution in [0.15, 0.2) is 24.4 Å². The molecular weight excluding hydrogens is 299 g/mol. The predicted molar refractivity (Wildman–Crippen MR) is 79.7 cm³/mol. The van der Waals surface area contributed by atoms with E-state index >= 15 is 0 Å². The summed E-state index contributed by atoms with van der Waals surface area (Å²) in [5.74, 6) is 0.502. The van der Waals surface area contributed by atoms with E-state index in [1.807, 2.05) is 13.8 Å². The van der Waals surface area contributed by atoms with Crippen LogP contribution in [0, 0.1) is 0 Å². The summed E-state index contributed by atoms with van der Waals surface area (Å²) >= 11 is 12.3. The summed E-state index contributed by atoms with van der Waals surface area (Å²) < 4.78 is 6.97. The van der Waals surface area contributed by atoms with Gasteiger partial charge in [0.25, 0.3) is 0 Å². The Balaban J connectivity index is 2.58. The summed E-state index contributed by atoms with van der Waals surface area (Å²) in [6, 6.07) is 5.19. The number of hydrogen-bond donors (Lipinski definition) is 1. The Labute approximate surface area is 127 Å². The first-order valence-corrected chi connectivity index (χ1v) is 6.96. The molecule has 1 heterocycles. The maximum absolute atomic E-state index is 10.7. The molecule has 6 heteroatoms. The van der Waals surface area contributed by atoms with Crippen molar-refractivity contribution in [2.24, 2.45) is 0 Å². The number of aromatic nitrogens is 2. The van der Waals surface area contributed by atoms with Crippen LogP contribution in [0.25, 0.3) is 0 Å². The Bertz CT molecular complexity index is 591. The van der Waals surface area contributed by atoms with E-state index < -0.39 is 6.10 Å². The molecule has 1 unspecified atom stereocenters. The second-order valence-electron chi connectivity index (χ2n) is 4.67. The smallest absolute Gasteiger partial charge is 0.163 e. The fourth-order valence-corrected chi connectivity index (χ4v) is 2.70. The van der Waals surface area contributed by atoms with E-state index in [0.29, 0.717) is 27.1 Å². The number of rotatable bonds is 4. The number of halogens is 2. The molecule has 1 atom stereocenters. The highest BCUT2D eigenvalue weighted by Gasteiger charge is 2.26. The number of hydrogen-bond acceptors (Lipinski definition) is 3. The molecule has 1 aromatic carbocycles. The molecule has 0 aliphatic heterocycles. The average molecular weight is 315 g/mol. The van der Waals surface area contributed by atoms with E-state index in [0.717, 1.165) is 0 Å². The van der Waals surface area contributed by atoms with Crippen molar-refractivity contribution < 1.29 is 9.84 Å². The Hall–Kier alpha value is -1.23. The van der Waals surface area contributed by atoms with Gasteiger partial charge in [0.1, 0.15) is 11.8 Å². The largest absolute Gasteiger partial charge is 0.493 e. The standard InChI is InChI=1S/C14H16Cl2N2O2/c1-8(2)18-13(11(20-3)7-17-18)14(19)12-9(15)5-4-6-10(12)16/h4-8,14,19H,1-3H3. The van der Waals surface area contributed by atoms with Crippen LogP contribution >= 0.6 is 23.2 Å². The van der Waals surface area contributed by atoms with E-state index in [9.17, 15) is 5.11 Å². The van der Waals surface area contributed by atoms with Crippen molar-refractivity contribution in [1.29, 1.82) is 0 Å². The van der Waals surface area contributed by atoms with Crippen molar-refractivity contribution in [2.45, 2.75) is 26.0 Å². The van der Waals surface area contributed by atoms with Crippen LogP contribution in [0.3, 0.4) is 0 Å². The second kappa shape index (κ2) is 6.04. The number of aliphatic hydroxyl groups is 1. The first-order valence-electron chi connectivity index (χ1n) is 6.20. The molecule has 0 bridgehead atoms. The monoisotopic (exact) mass is 314 g/mol. The molecule has 0 amide bonds. The molecule has 0 radical (unpaired) electrons. The molecule has 0 spiro atoms. The third-order valence-corrected chi connectivity index (χ3v) is 3.70. The summed E-state index contributed by atoms with van der Waals surface area (Å²) in [6.45, 7) is 3.94. The van der Waals surface area contributed by atoms with Crippen LogP contribution in [-0.2, 0) is 0 Å². The van der Waals surface area contributed by atoms with Crippen LogP contribution in [0.2, 0.25) is 10.0 Å². The van der Waals surface area contributed by atoms with Gasteiger partial charge in [0.05, 0.1) is 13.3 Å². The minimum absolute atomic E-state index is 0.0739. The van der Waals surface area contributed by atoms with E-state index in [1.165, 1.54) is 7.11 Å². The van der Waals surface area contributed by atoms with Gasteiger partial charge in [0.2, 0.25) is 0 Å². The molecule has 4 nitrogen and oxygen atoms in total. The molecule has 2 rings (SSSR count). The van der Waals surface area contributed by atoms with Crippen LogP contribution < -0.4 is 4.74 Å². The van der Waals surface area contributed by atoms with Gasteiger partial charge in [-0.2, -0.15) is 5.10 Å². The van der Waals surface area contributed by atoms with Crippen molar-refractivity contribution >= 4 is 23.2 Å². The van der Waals surface area contributed by atoms with E-state index in [2.05, 4.69) is 5.10 Å². The average Bonchev–Trinajstić information content (AvgIpc) is 2.82.